The van der Waals surface area contributed by atoms with Gasteiger partial charge in [0.05, 0.1) is 5.41 Å². The van der Waals surface area contributed by atoms with Gasteiger partial charge in [-0.3, -0.25) is 5.10 Å². The van der Waals surface area contributed by atoms with Gasteiger partial charge in [-0.05, 0) is 18.6 Å². The number of H-pyrrole nitrogens is 1. The number of nitrogens with zero attached hydrogens (tertiary/aromatic N) is 2. The van der Waals surface area contributed by atoms with E-state index in [-0.39, 0.29) is 11.3 Å². The van der Waals surface area contributed by atoms with Crippen LogP contribution < -0.4 is 10.5 Å². The number of ether oxygens (including phenoxy) is 1. The molecule has 1 aromatic rings. The minimum absolute atomic E-state index is 0.207. The zero-order chi connectivity index (χ0) is 13.6. The summed E-state index contributed by atoms with van der Waals surface area (Å²) in [6.07, 6.45) is 1.74. The lowest BCUT2D eigenvalue weighted by Crippen LogP contribution is -2.40. The van der Waals surface area contributed by atoms with Crippen LogP contribution in [0.25, 0.3) is 0 Å². The van der Waals surface area contributed by atoms with Crippen LogP contribution in [0, 0.1) is 11.3 Å². The number of nitrogens with one attached hydrogen (secondary N) is 1. The van der Waals surface area contributed by atoms with Gasteiger partial charge in [0.1, 0.15) is 11.6 Å². The minimum Gasteiger partial charge on any atom is -0.420 e. The maximum Gasteiger partial charge on any atom is 0.244 e. The Labute approximate surface area is 116 Å². The lowest BCUT2D eigenvalue weighted by atomic mass is 9.69. The molecule has 1 saturated heterocycles. The number of fused-ring (bicyclic) bond motifs is 2. The molecule has 2 atom stereocenters. The number of thioether (sulfide) groups is 1. The molecule has 0 aromatic carbocycles. The highest BCUT2D eigenvalue weighted by molar-refractivity contribution is 8.00. The van der Waals surface area contributed by atoms with Crippen LogP contribution in [0.5, 0.6) is 5.88 Å². The van der Waals surface area contributed by atoms with Gasteiger partial charge in [0, 0.05) is 16.5 Å². The molecular weight excluding hydrogens is 260 g/mol. The van der Waals surface area contributed by atoms with Gasteiger partial charge < -0.3 is 10.5 Å². The van der Waals surface area contributed by atoms with Crippen LogP contribution in [0.4, 0.5) is 0 Å². The van der Waals surface area contributed by atoms with Gasteiger partial charge in [-0.2, -0.15) is 17.0 Å². The van der Waals surface area contributed by atoms with Crippen LogP contribution in [0.2, 0.25) is 0 Å². The van der Waals surface area contributed by atoms with Crippen molar-refractivity contribution >= 4 is 11.8 Å². The maximum atomic E-state index is 9.52. The maximum absolute atomic E-state index is 9.52. The molecule has 0 amide bonds. The van der Waals surface area contributed by atoms with Crippen molar-refractivity contribution in [3.8, 4) is 11.9 Å². The van der Waals surface area contributed by atoms with E-state index in [1.54, 1.807) is 0 Å². The van der Waals surface area contributed by atoms with Crippen molar-refractivity contribution < 1.29 is 4.74 Å². The molecule has 5 nitrogen and oxygen atoms in total. The Morgan fingerprint density at radius 1 is 1.68 bits per heavy atom. The van der Waals surface area contributed by atoms with Crippen molar-refractivity contribution in [2.45, 2.75) is 37.4 Å². The van der Waals surface area contributed by atoms with Crippen LogP contribution in [0.3, 0.4) is 0 Å². The van der Waals surface area contributed by atoms with Gasteiger partial charge >= 0.3 is 0 Å². The standard InChI is InChI=1S/C13H16N4OS/c1-3-9-10-12(17-16-9)18-11(15)8(6-14)13(10)4-5-19-7(13)2/h7H,3-5,15H2,1-2H3,(H,16,17)/t7-,13-/m0/s1. The molecule has 2 aliphatic heterocycles. The number of hydrogen-bond acceptors (Lipinski definition) is 5. The Bertz CT molecular complexity index is 600. The van der Waals surface area contributed by atoms with Gasteiger partial charge in [0.15, 0.2) is 0 Å². The largest absolute Gasteiger partial charge is 0.420 e. The number of rotatable bonds is 1. The molecule has 1 fully saturated rings. The lowest BCUT2D eigenvalue weighted by molar-refractivity contribution is 0.339. The highest BCUT2D eigenvalue weighted by Crippen LogP contribution is 2.55. The molecule has 2 aliphatic rings. The van der Waals surface area contributed by atoms with E-state index in [0.717, 1.165) is 29.9 Å². The number of nitriles is 1. The first-order chi connectivity index (χ1) is 9.15. The summed E-state index contributed by atoms with van der Waals surface area (Å²) >= 11 is 1.87. The second-order valence-electron chi connectivity index (χ2n) is 4.92. The number of allylic oxidation sites excluding steroid dienone is 1. The molecule has 3 rings (SSSR count). The fourth-order valence-electron chi connectivity index (χ4n) is 3.20. The number of aromatic amines is 1. The number of nitrogens with two attached hydrogens (primary N) is 1. The molecule has 0 bridgehead atoms. The summed E-state index contributed by atoms with van der Waals surface area (Å²) in [5, 5.41) is 17.1. The summed E-state index contributed by atoms with van der Waals surface area (Å²) in [6, 6.07) is 2.27. The normalized spacial score (nSPS) is 29.2. The molecule has 1 aromatic heterocycles. The summed E-state index contributed by atoms with van der Waals surface area (Å²) in [4.78, 5) is 0. The molecular formula is C13H16N4OS. The molecule has 100 valence electrons. The van der Waals surface area contributed by atoms with Gasteiger partial charge in [-0.15, -0.1) is 5.10 Å². The molecule has 1 spiro atoms. The summed E-state index contributed by atoms with van der Waals surface area (Å²) in [6.45, 7) is 4.23. The quantitative estimate of drug-likeness (QED) is 0.817. The molecule has 3 N–H and O–H groups in total. The van der Waals surface area contributed by atoms with Crippen LogP contribution in [0.1, 0.15) is 31.5 Å². The zero-order valence-corrected chi connectivity index (χ0v) is 11.8. The van der Waals surface area contributed by atoms with Crippen LogP contribution in [-0.2, 0) is 11.8 Å². The van der Waals surface area contributed by atoms with E-state index in [2.05, 4.69) is 30.1 Å². The number of aryl methyl sites for hydroxylation is 1. The van der Waals surface area contributed by atoms with Gasteiger partial charge in [0.2, 0.25) is 11.8 Å². The van der Waals surface area contributed by atoms with E-state index in [0.29, 0.717) is 16.7 Å². The molecule has 0 aliphatic carbocycles. The minimum atomic E-state index is -0.338. The Kier molecular flexibility index (Phi) is 2.75. The van der Waals surface area contributed by atoms with Crippen molar-refractivity contribution in [3.05, 3.63) is 22.7 Å². The van der Waals surface area contributed by atoms with Crippen LogP contribution in [-0.4, -0.2) is 21.2 Å². The third-order valence-corrected chi connectivity index (χ3v) is 5.52. The molecule has 6 heteroatoms. The predicted octanol–water partition coefficient (Wildman–Crippen LogP) is 1.82. The third kappa shape index (κ3) is 1.45. The second-order valence-corrected chi connectivity index (χ2v) is 6.37. The van der Waals surface area contributed by atoms with E-state index in [9.17, 15) is 5.26 Å². The first kappa shape index (κ1) is 12.4. The number of aromatic nitrogens is 2. The Morgan fingerprint density at radius 2 is 2.47 bits per heavy atom. The van der Waals surface area contributed by atoms with Crippen molar-refractivity contribution in [1.82, 2.24) is 10.2 Å². The van der Waals surface area contributed by atoms with E-state index in [1.165, 1.54) is 0 Å². The average Bonchev–Trinajstić information content (AvgIpc) is 2.95. The summed E-state index contributed by atoms with van der Waals surface area (Å²) in [5.41, 5.74) is 8.26. The molecule has 0 unspecified atom stereocenters. The van der Waals surface area contributed by atoms with E-state index < -0.39 is 0 Å². The van der Waals surface area contributed by atoms with Crippen molar-refractivity contribution in [2.24, 2.45) is 5.73 Å². The summed E-state index contributed by atoms with van der Waals surface area (Å²) in [7, 11) is 0. The van der Waals surface area contributed by atoms with E-state index >= 15 is 0 Å². The third-order valence-electron chi connectivity index (χ3n) is 4.18. The summed E-state index contributed by atoms with van der Waals surface area (Å²) in [5.74, 6) is 1.77. The highest BCUT2D eigenvalue weighted by Gasteiger charge is 2.53. The second kappa shape index (κ2) is 4.20. The average molecular weight is 276 g/mol. The fraction of sp³-hybridized carbons (Fsp3) is 0.538. The van der Waals surface area contributed by atoms with E-state index in [4.69, 9.17) is 10.5 Å². The van der Waals surface area contributed by atoms with Gasteiger partial charge in [0.25, 0.3) is 0 Å². The molecule has 19 heavy (non-hydrogen) atoms. The van der Waals surface area contributed by atoms with Crippen molar-refractivity contribution in [2.75, 3.05) is 5.75 Å². The first-order valence-electron chi connectivity index (χ1n) is 6.42. The highest BCUT2D eigenvalue weighted by atomic mass is 32.2. The van der Waals surface area contributed by atoms with Crippen molar-refractivity contribution in [1.29, 1.82) is 5.26 Å². The van der Waals surface area contributed by atoms with Gasteiger partial charge in [-0.1, -0.05) is 13.8 Å². The smallest absolute Gasteiger partial charge is 0.244 e. The lowest BCUT2D eigenvalue weighted by Gasteiger charge is -2.36. The SMILES string of the molecule is CCc1[nH]nc2c1[C@]1(CCS[C@H]1C)C(C#N)=C(N)O2. The predicted molar refractivity (Wildman–Crippen MR) is 73.6 cm³/mol. The Balaban J connectivity index is 2.30. The molecule has 0 radical (unpaired) electrons. The molecule has 3 heterocycles. The van der Waals surface area contributed by atoms with E-state index in [1.807, 2.05) is 11.8 Å². The first-order valence-corrected chi connectivity index (χ1v) is 7.47. The number of hydrogen-bond donors (Lipinski definition) is 2. The van der Waals surface area contributed by atoms with Crippen LogP contribution >= 0.6 is 11.8 Å². The molecule has 0 saturated carbocycles. The topological polar surface area (TPSA) is 87.7 Å². The van der Waals surface area contributed by atoms with Crippen molar-refractivity contribution in [3.63, 3.8) is 0 Å². The Morgan fingerprint density at radius 3 is 3.05 bits per heavy atom. The zero-order valence-electron chi connectivity index (χ0n) is 11.0. The monoisotopic (exact) mass is 276 g/mol. The van der Waals surface area contributed by atoms with Gasteiger partial charge in [-0.25, -0.2) is 0 Å². The Hall–Kier alpha value is -1.61. The fourth-order valence-corrected chi connectivity index (χ4v) is 4.63. The van der Waals surface area contributed by atoms with Crippen LogP contribution in [0.15, 0.2) is 11.5 Å². The summed E-state index contributed by atoms with van der Waals surface area (Å²) < 4.78 is 5.54.